The van der Waals surface area contributed by atoms with Crippen molar-refractivity contribution >= 4 is 29.1 Å². The number of benzene rings is 1. The van der Waals surface area contributed by atoms with E-state index >= 15 is 0 Å². The zero-order valence-corrected chi connectivity index (χ0v) is 24.3. The first-order chi connectivity index (χ1) is 19.4. The molecule has 2 atom stereocenters. The van der Waals surface area contributed by atoms with Crippen LogP contribution >= 0.6 is 11.6 Å². The second-order valence-electron chi connectivity index (χ2n) is 10.9. The number of aliphatic imine (C=N–C) groups is 1. The van der Waals surface area contributed by atoms with Crippen molar-refractivity contribution < 1.29 is 9.53 Å². The van der Waals surface area contributed by atoms with E-state index in [0.29, 0.717) is 36.3 Å². The Hall–Kier alpha value is -3.29. The number of halogens is 1. The maximum absolute atomic E-state index is 12.9. The quantitative estimate of drug-likeness (QED) is 0.214. The lowest BCUT2D eigenvalue weighted by molar-refractivity contribution is 0.0952. The minimum absolute atomic E-state index is 0.144. The number of ketones is 1. The Kier molecular flexibility index (Phi) is 9.12. The topological polar surface area (TPSA) is 70.9 Å². The zero-order chi connectivity index (χ0) is 28.1. The van der Waals surface area contributed by atoms with Gasteiger partial charge < -0.3 is 14.5 Å². The number of likely N-dealkylation sites (tertiary alicyclic amines) is 1. The summed E-state index contributed by atoms with van der Waals surface area (Å²) in [7, 11) is 0. The summed E-state index contributed by atoms with van der Waals surface area (Å²) in [6.45, 7) is 8.69. The minimum atomic E-state index is 0.144. The highest BCUT2D eigenvalue weighted by Crippen LogP contribution is 2.34. The summed E-state index contributed by atoms with van der Waals surface area (Å²) in [4.78, 5) is 31.2. The molecule has 4 heterocycles. The van der Waals surface area contributed by atoms with Crippen LogP contribution in [0, 0.1) is 13.8 Å². The number of nitrogens with zero attached hydrogens (tertiary/aromatic N) is 5. The van der Waals surface area contributed by atoms with Crippen LogP contribution < -0.4 is 0 Å². The van der Waals surface area contributed by atoms with Crippen LogP contribution in [-0.4, -0.2) is 63.4 Å². The van der Waals surface area contributed by atoms with Gasteiger partial charge >= 0.3 is 0 Å². The zero-order valence-electron chi connectivity index (χ0n) is 23.6. The van der Waals surface area contributed by atoms with Crippen LogP contribution in [0.1, 0.15) is 72.2 Å². The van der Waals surface area contributed by atoms with Crippen LogP contribution in [0.25, 0.3) is 0 Å². The fourth-order valence-corrected chi connectivity index (χ4v) is 6.37. The van der Waals surface area contributed by atoms with E-state index in [2.05, 4.69) is 57.0 Å². The van der Waals surface area contributed by atoms with Gasteiger partial charge in [0.05, 0.1) is 23.6 Å². The molecule has 0 amide bonds. The molecule has 5 rings (SSSR count). The van der Waals surface area contributed by atoms with Crippen molar-refractivity contribution in [1.82, 2.24) is 19.8 Å². The molecule has 1 aromatic carbocycles. The van der Waals surface area contributed by atoms with Gasteiger partial charge in [-0.25, -0.2) is 4.98 Å². The fourth-order valence-electron chi connectivity index (χ4n) is 6.08. The summed E-state index contributed by atoms with van der Waals surface area (Å²) in [5, 5.41) is 0.439. The molecular formula is C32H38ClN5O2. The predicted octanol–water partition coefficient (Wildman–Crippen LogP) is 6.71. The van der Waals surface area contributed by atoms with Gasteiger partial charge in [-0.05, 0) is 75.8 Å². The number of hydrogen-bond acceptors (Lipinski definition) is 6. The van der Waals surface area contributed by atoms with E-state index in [-0.39, 0.29) is 11.8 Å². The van der Waals surface area contributed by atoms with Gasteiger partial charge in [-0.3, -0.25) is 9.78 Å². The highest BCUT2D eigenvalue weighted by molar-refractivity contribution is 6.29. The molecule has 2 aliphatic heterocycles. The van der Waals surface area contributed by atoms with Crippen molar-refractivity contribution in [3.05, 3.63) is 88.5 Å². The van der Waals surface area contributed by atoms with E-state index < -0.39 is 0 Å². The van der Waals surface area contributed by atoms with Gasteiger partial charge in [0.1, 0.15) is 11.8 Å². The molecule has 210 valence electrons. The van der Waals surface area contributed by atoms with Crippen LogP contribution in [0.5, 0.6) is 0 Å². The molecule has 8 heteroatoms. The highest BCUT2D eigenvalue weighted by Gasteiger charge is 2.39. The first kappa shape index (κ1) is 28.2. The molecule has 2 aliphatic rings. The summed E-state index contributed by atoms with van der Waals surface area (Å²) in [5.41, 5.74) is 4.40. The van der Waals surface area contributed by atoms with E-state index in [1.165, 1.54) is 5.56 Å². The smallest absolute Gasteiger partial charge is 0.293 e. The lowest BCUT2D eigenvalue weighted by atomic mass is 9.96. The third-order valence-electron chi connectivity index (χ3n) is 8.17. The number of aryl methyl sites for hydroxylation is 2. The normalized spacial score (nSPS) is 20.1. The van der Waals surface area contributed by atoms with Crippen molar-refractivity contribution in [3.8, 4) is 0 Å². The van der Waals surface area contributed by atoms with Crippen molar-refractivity contribution in [1.29, 1.82) is 0 Å². The Balaban J connectivity index is 1.19. The van der Waals surface area contributed by atoms with Gasteiger partial charge in [0, 0.05) is 43.4 Å². The van der Waals surface area contributed by atoms with Gasteiger partial charge in [-0.2, -0.15) is 4.99 Å². The number of aromatic nitrogens is 2. The average molecular weight is 560 g/mol. The largest absolute Gasteiger partial charge is 0.462 e. The molecule has 2 fully saturated rings. The van der Waals surface area contributed by atoms with Gasteiger partial charge in [0.15, 0.2) is 5.78 Å². The van der Waals surface area contributed by atoms with Gasteiger partial charge in [-0.1, -0.05) is 41.9 Å². The Labute approximate surface area is 242 Å². The monoisotopic (exact) mass is 559 g/mol. The molecule has 0 saturated carbocycles. The molecule has 40 heavy (non-hydrogen) atoms. The summed E-state index contributed by atoms with van der Waals surface area (Å²) in [5.74, 6) is 0.159. The Morgan fingerprint density at radius 1 is 1.15 bits per heavy atom. The van der Waals surface area contributed by atoms with Crippen LogP contribution in [0.2, 0.25) is 5.15 Å². The molecule has 2 aromatic heterocycles. The van der Waals surface area contributed by atoms with Gasteiger partial charge in [0.25, 0.3) is 6.02 Å². The van der Waals surface area contributed by atoms with E-state index in [0.717, 1.165) is 61.3 Å². The van der Waals surface area contributed by atoms with E-state index in [4.69, 9.17) is 21.3 Å². The number of ether oxygens (including phenoxy) is 1. The van der Waals surface area contributed by atoms with E-state index in [9.17, 15) is 4.79 Å². The Bertz CT molecular complexity index is 1300. The Morgan fingerprint density at radius 2 is 1.93 bits per heavy atom. The van der Waals surface area contributed by atoms with Gasteiger partial charge in [0.2, 0.25) is 0 Å². The number of carbonyl (C=O) groups excluding carboxylic acids is 1. The molecule has 3 aromatic rings. The number of amidine groups is 1. The first-order valence-electron chi connectivity index (χ1n) is 14.3. The predicted molar refractivity (Wildman–Crippen MR) is 159 cm³/mol. The summed E-state index contributed by atoms with van der Waals surface area (Å²) in [6.07, 6.45) is 7.98. The first-order valence-corrected chi connectivity index (χ1v) is 14.6. The third kappa shape index (κ3) is 6.53. The van der Waals surface area contributed by atoms with Crippen molar-refractivity contribution in [2.45, 2.75) is 71.0 Å². The fraction of sp³-hybridized carbons (Fsp3) is 0.438. The third-order valence-corrected chi connectivity index (χ3v) is 8.36. The van der Waals surface area contributed by atoms with Crippen LogP contribution in [0.4, 0.5) is 5.69 Å². The van der Waals surface area contributed by atoms with Crippen LogP contribution in [0.3, 0.4) is 0 Å². The molecular weight excluding hydrogens is 522 g/mol. The second kappa shape index (κ2) is 12.9. The Morgan fingerprint density at radius 3 is 2.62 bits per heavy atom. The van der Waals surface area contributed by atoms with Crippen molar-refractivity contribution in [2.24, 2.45) is 4.99 Å². The number of piperidine rings is 1. The van der Waals surface area contributed by atoms with Crippen LogP contribution in [-0.2, 0) is 4.74 Å². The maximum atomic E-state index is 12.9. The lowest BCUT2D eigenvalue weighted by Crippen LogP contribution is -2.48. The number of rotatable bonds is 9. The molecule has 0 spiro atoms. The van der Waals surface area contributed by atoms with Crippen LogP contribution in [0.15, 0.2) is 65.9 Å². The molecule has 7 nitrogen and oxygen atoms in total. The molecule has 0 bridgehead atoms. The van der Waals surface area contributed by atoms with Gasteiger partial charge in [-0.15, -0.1) is 0 Å². The van der Waals surface area contributed by atoms with Crippen molar-refractivity contribution in [3.63, 3.8) is 0 Å². The molecule has 0 N–H and O–H groups in total. The van der Waals surface area contributed by atoms with E-state index in [1.807, 2.05) is 26.0 Å². The standard InChI is InChI=1S/C32H38ClN5O2/c1-22-19-30(33)35-24(3)31(22)29(39)13-7-9-23(2)37-17-14-27(15-18-37)38-28(25-10-5-4-6-11-25)21-40-32(38)36-26-12-8-16-34-20-26/h4-6,8,10-12,16,19-20,23,27-28H,7,9,13-15,17-18,21H2,1-3H3/t23-,28-/m0/s1. The molecule has 0 unspecified atom stereocenters. The number of Topliss-reactive ketones (excluding diaryl/α,β-unsaturated/α-hetero) is 1. The second-order valence-corrected chi connectivity index (χ2v) is 11.3. The summed E-state index contributed by atoms with van der Waals surface area (Å²) < 4.78 is 6.19. The molecule has 2 saturated heterocycles. The van der Waals surface area contributed by atoms with Crippen molar-refractivity contribution in [2.75, 3.05) is 19.7 Å². The highest BCUT2D eigenvalue weighted by atomic mass is 35.5. The molecule has 0 radical (unpaired) electrons. The summed E-state index contributed by atoms with van der Waals surface area (Å²) in [6, 6.07) is 17.8. The number of pyridine rings is 2. The van der Waals surface area contributed by atoms with E-state index in [1.54, 1.807) is 18.5 Å². The summed E-state index contributed by atoms with van der Waals surface area (Å²) >= 11 is 6.05. The lowest BCUT2D eigenvalue weighted by Gasteiger charge is -2.41. The number of carbonyl (C=O) groups is 1. The maximum Gasteiger partial charge on any atom is 0.293 e. The minimum Gasteiger partial charge on any atom is -0.462 e. The average Bonchev–Trinajstić information content (AvgIpc) is 3.37. The number of hydrogen-bond donors (Lipinski definition) is 0. The molecule has 0 aliphatic carbocycles. The SMILES string of the molecule is Cc1cc(Cl)nc(C)c1C(=O)CCC[C@H](C)N1CCC(N2C(=Nc3cccnc3)OC[C@H]2c2ccccc2)CC1.